The molecule has 2 fully saturated rings. The molecule has 3 rings (SSSR count). The number of aromatic nitrogens is 2. The molecule has 1 aromatic rings. The van der Waals surface area contributed by atoms with Crippen LogP contribution in [0.4, 0.5) is 5.13 Å². The minimum Gasteiger partial charge on any atom is -0.344 e. The zero-order valence-corrected chi connectivity index (χ0v) is 13.1. The fraction of sp³-hybridized carbons (Fsp3) is 0.857. The maximum absolute atomic E-state index is 5.71. The summed E-state index contributed by atoms with van der Waals surface area (Å²) in [7, 11) is 0. The van der Waals surface area contributed by atoms with Crippen LogP contribution in [0.3, 0.4) is 0 Å². The first kappa shape index (κ1) is 14.2. The van der Waals surface area contributed by atoms with Gasteiger partial charge in [-0.2, -0.15) is 4.37 Å². The third-order valence-electron chi connectivity index (χ3n) is 4.45. The summed E-state index contributed by atoms with van der Waals surface area (Å²) in [6, 6.07) is 0.651. The highest BCUT2D eigenvalue weighted by atomic mass is 32.1. The molecule has 1 unspecified atom stereocenters. The predicted molar refractivity (Wildman–Crippen MR) is 83.4 cm³/mol. The first-order valence-electron chi connectivity index (χ1n) is 7.84. The van der Waals surface area contributed by atoms with Crippen LogP contribution in [-0.4, -0.2) is 53.0 Å². The molecular formula is C14H25N5S. The lowest BCUT2D eigenvalue weighted by atomic mass is 10.1. The van der Waals surface area contributed by atoms with E-state index in [1.54, 1.807) is 11.5 Å². The minimum absolute atomic E-state index is 0.651. The summed E-state index contributed by atoms with van der Waals surface area (Å²) < 4.78 is 4.51. The van der Waals surface area contributed by atoms with Gasteiger partial charge in [0.05, 0.1) is 0 Å². The molecule has 1 atom stereocenters. The SMILES string of the molecule is CCC(CCN)N1CCN(c2nc(C3CC3)ns2)CC1. The number of hydrogen-bond donors (Lipinski definition) is 1. The van der Waals surface area contributed by atoms with Gasteiger partial charge in [-0.15, -0.1) is 0 Å². The van der Waals surface area contributed by atoms with Crippen LogP contribution in [0, 0.1) is 0 Å². The second-order valence-electron chi connectivity index (χ2n) is 5.87. The summed E-state index contributed by atoms with van der Waals surface area (Å²) in [5.41, 5.74) is 5.71. The molecule has 0 amide bonds. The zero-order valence-electron chi connectivity index (χ0n) is 12.3. The fourth-order valence-electron chi connectivity index (χ4n) is 2.98. The van der Waals surface area contributed by atoms with Crippen LogP contribution in [0.15, 0.2) is 0 Å². The van der Waals surface area contributed by atoms with Crippen LogP contribution in [0.5, 0.6) is 0 Å². The van der Waals surface area contributed by atoms with E-state index in [0.717, 1.165) is 50.1 Å². The van der Waals surface area contributed by atoms with E-state index >= 15 is 0 Å². The Labute approximate surface area is 125 Å². The number of rotatable bonds is 6. The van der Waals surface area contributed by atoms with Gasteiger partial charge >= 0.3 is 0 Å². The van der Waals surface area contributed by atoms with Crippen molar-refractivity contribution >= 4 is 16.7 Å². The first-order chi connectivity index (χ1) is 9.81. The molecule has 6 heteroatoms. The van der Waals surface area contributed by atoms with Gasteiger partial charge in [0.15, 0.2) is 0 Å². The lowest BCUT2D eigenvalue weighted by molar-refractivity contribution is 0.173. The van der Waals surface area contributed by atoms with E-state index in [0.29, 0.717) is 12.0 Å². The van der Waals surface area contributed by atoms with Gasteiger partial charge in [0, 0.05) is 49.7 Å². The predicted octanol–water partition coefficient (Wildman–Crippen LogP) is 1.66. The molecule has 5 nitrogen and oxygen atoms in total. The lowest BCUT2D eigenvalue weighted by Gasteiger charge is -2.38. The van der Waals surface area contributed by atoms with Gasteiger partial charge in [-0.25, -0.2) is 4.98 Å². The second-order valence-corrected chi connectivity index (χ2v) is 6.60. The Hall–Kier alpha value is -0.720. The molecule has 1 aromatic heterocycles. The van der Waals surface area contributed by atoms with E-state index in [1.807, 2.05) is 0 Å². The topological polar surface area (TPSA) is 58.3 Å². The molecule has 0 spiro atoms. The van der Waals surface area contributed by atoms with E-state index in [2.05, 4.69) is 21.1 Å². The molecule has 1 saturated heterocycles. The Balaban J connectivity index is 1.54. The molecule has 1 aliphatic heterocycles. The number of anilines is 1. The average Bonchev–Trinajstić information content (AvgIpc) is 3.23. The van der Waals surface area contributed by atoms with Crippen molar-refractivity contribution in [1.82, 2.24) is 14.3 Å². The Kier molecular flexibility index (Phi) is 4.53. The highest BCUT2D eigenvalue weighted by Crippen LogP contribution is 2.39. The van der Waals surface area contributed by atoms with Crippen molar-refractivity contribution in [2.75, 3.05) is 37.6 Å². The molecular weight excluding hydrogens is 270 g/mol. The molecule has 2 aliphatic rings. The summed E-state index contributed by atoms with van der Waals surface area (Å²) in [5, 5.41) is 1.12. The molecule has 0 radical (unpaired) electrons. The van der Waals surface area contributed by atoms with E-state index in [1.165, 1.54) is 19.3 Å². The molecule has 0 aromatic carbocycles. The second kappa shape index (κ2) is 6.37. The summed E-state index contributed by atoms with van der Waals surface area (Å²) in [6.07, 6.45) is 4.87. The number of nitrogens with two attached hydrogens (primary N) is 1. The first-order valence-corrected chi connectivity index (χ1v) is 8.61. The van der Waals surface area contributed by atoms with Crippen LogP contribution in [-0.2, 0) is 0 Å². The van der Waals surface area contributed by atoms with Gasteiger partial charge in [-0.3, -0.25) is 4.90 Å². The van der Waals surface area contributed by atoms with Crippen LogP contribution < -0.4 is 10.6 Å². The minimum atomic E-state index is 0.651. The van der Waals surface area contributed by atoms with Gasteiger partial charge in [0.25, 0.3) is 0 Å². The average molecular weight is 295 g/mol. The maximum atomic E-state index is 5.71. The quantitative estimate of drug-likeness (QED) is 0.865. The molecule has 2 N–H and O–H groups in total. The fourth-order valence-corrected chi connectivity index (χ4v) is 3.78. The third kappa shape index (κ3) is 3.13. The Morgan fingerprint density at radius 3 is 2.65 bits per heavy atom. The summed E-state index contributed by atoms with van der Waals surface area (Å²) in [4.78, 5) is 9.70. The molecule has 20 heavy (non-hydrogen) atoms. The van der Waals surface area contributed by atoms with Gasteiger partial charge in [0.1, 0.15) is 5.82 Å². The highest BCUT2D eigenvalue weighted by Gasteiger charge is 2.29. The van der Waals surface area contributed by atoms with Crippen molar-refractivity contribution in [3.05, 3.63) is 5.82 Å². The van der Waals surface area contributed by atoms with E-state index in [9.17, 15) is 0 Å². The molecule has 1 aliphatic carbocycles. The highest BCUT2D eigenvalue weighted by molar-refractivity contribution is 7.09. The summed E-state index contributed by atoms with van der Waals surface area (Å²) in [6.45, 7) is 7.44. The molecule has 0 bridgehead atoms. The van der Waals surface area contributed by atoms with Crippen LogP contribution in [0.25, 0.3) is 0 Å². The van der Waals surface area contributed by atoms with Crippen molar-refractivity contribution in [2.45, 2.75) is 44.6 Å². The van der Waals surface area contributed by atoms with Crippen molar-refractivity contribution in [3.8, 4) is 0 Å². The smallest absolute Gasteiger partial charge is 0.205 e. The van der Waals surface area contributed by atoms with E-state index in [4.69, 9.17) is 10.7 Å². The van der Waals surface area contributed by atoms with Gasteiger partial charge in [0.2, 0.25) is 5.13 Å². The van der Waals surface area contributed by atoms with Crippen LogP contribution in [0.1, 0.15) is 44.3 Å². The Bertz CT molecular complexity index is 423. The number of hydrogen-bond acceptors (Lipinski definition) is 6. The molecule has 2 heterocycles. The largest absolute Gasteiger partial charge is 0.344 e. The maximum Gasteiger partial charge on any atom is 0.205 e. The third-order valence-corrected chi connectivity index (χ3v) is 5.24. The zero-order chi connectivity index (χ0) is 13.9. The monoisotopic (exact) mass is 295 g/mol. The van der Waals surface area contributed by atoms with Gasteiger partial charge in [-0.1, -0.05) is 6.92 Å². The van der Waals surface area contributed by atoms with Crippen molar-refractivity contribution in [2.24, 2.45) is 5.73 Å². The summed E-state index contributed by atoms with van der Waals surface area (Å²) >= 11 is 1.58. The van der Waals surface area contributed by atoms with Gasteiger partial charge < -0.3 is 10.6 Å². The van der Waals surface area contributed by atoms with E-state index in [-0.39, 0.29) is 0 Å². The van der Waals surface area contributed by atoms with E-state index < -0.39 is 0 Å². The van der Waals surface area contributed by atoms with Crippen LogP contribution >= 0.6 is 11.5 Å². The van der Waals surface area contributed by atoms with Gasteiger partial charge in [-0.05, 0) is 32.2 Å². The van der Waals surface area contributed by atoms with Crippen molar-refractivity contribution < 1.29 is 0 Å². The Morgan fingerprint density at radius 1 is 1.30 bits per heavy atom. The number of nitrogens with zero attached hydrogens (tertiary/aromatic N) is 4. The lowest BCUT2D eigenvalue weighted by Crippen LogP contribution is -2.50. The standard InChI is InChI=1S/C14H25N5S/c1-2-12(5-6-15)18-7-9-19(10-8-18)14-16-13(17-20-14)11-3-4-11/h11-12H,2-10,15H2,1H3. The Morgan fingerprint density at radius 2 is 2.05 bits per heavy atom. The van der Waals surface area contributed by atoms with Crippen molar-refractivity contribution in [3.63, 3.8) is 0 Å². The normalized spacial score (nSPS) is 22.2. The number of piperazine rings is 1. The molecule has 112 valence electrons. The molecule has 1 saturated carbocycles. The van der Waals surface area contributed by atoms with Crippen molar-refractivity contribution in [1.29, 1.82) is 0 Å². The summed E-state index contributed by atoms with van der Waals surface area (Å²) in [5.74, 6) is 1.75. The van der Waals surface area contributed by atoms with Crippen LogP contribution in [0.2, 0.25) is 0 Å².